The number of hydrogen-bond acceptors (Lipinski definition) is 3. The zero-order valence-electron chi connectivity index (χ0n) is 7.22. The van der Waals surface area contributed by atoms with Crippen LogP contribution in [0.3, 0.4) is 0 Å². The summed E-state index contributed by atoms with van der Waals surface area (Å²) in [5.74, 6) is 0.806. The summed E-state index contributed by atoms with van der Waals surface area (Å²) < 4.78 is 5.23. The van der Waals surface area contributed by atoms with Gasteiger partial charge in [0.15, 0.2) is 5.22 Å². The van der Waals surface area contributed by atoms with Crippen LogP contribution in [0.5, 0.6) is 0 Å². The predicted octanol–water partition coefficient (Wildman–Crippen LogP) is 1.42. The van der Waals surface area contributed by atoms with Gasteiger partial charge in [-0.1, -0.05) is 0 Å². The van der Waals surface area contributed by atoms with Crippen molar-refractivity contribution in [2.24, 2.45) is 5.73 Å². The van der Waals surface area contributed by atoms with Gasteiger partial charge in [0.2, 0.25) is 0 Å². The number of nitrogens with two attached hydrogens (primary N) is 1. The topological polar surface area (TPSA) is 59.4 Å². The molecular formula is C9H12ClNO2. The second-order valence-corrected chi connectivity index (χ2v) is 3.83. The van der Waals surface area contributed by atoms with Crippen LogP contribution < -0.4 is 5.73 Å². The van der Waals surface area contributed by atoms with Crippen molar-refractivity contribution >= 4 is 11.6 Å². The summed E-state index contributed by atoms with van der Waals surface area (Å²) in [7, 11) is 0. The fourth-order valence-electron chi connectivity index (χ4n) is 1.93. The van der Waals surface area contributed by atoms with Crippen LogP contribution in [0, 0.1) is 0 Å². The van der Waals surface area contributed by atoms with E-state index in [0.29, 0.717) is 24.6 Å². The van der Waals surface area contributed by atoms with E-state index in [1.54, 1.807) is 6.07 Å². The molecule has 0 radical (unpaired) electrons. The van der Waals surface area contributed by atoms with Crippen LogP contribution >= 0.6 is 11.6 Å². The van der Waals surface area contributed by atoms with Crippen LogP contribution in [0.15, 0.2) is 10.5 Å². The van der Waals surface area contributed by atoms with E-state index >= 15 is 0 Å². The van der Waals surface area contributed by atoms with Crippen molar-refractivity contribution < 1.29 is 9.52 Å². The highest BCUT2D eigenvalue weighted by Crippen LogP contribution is 2.41. The molecular weight excluding hydrogens is 190 g/mol. The van der Waals surface area contributed by atoms with Gasteiger partial charge >= 0.3 is 0 Å². The first kappa shape index (κ1) is 9.06. The second-order valence-electron chi connectivity index (χ2n) is 3.46. The van der Waals surface area contributed by atoms with E-state index in [-0.39, 0.29) is 0 Å². The summed E-state index contributed by atoms with van der Waals surface area (Å²) >= 11 is 5.70. The van der Waals surface area contributed by atoms with Crippen LogP contribution in [0.1, 0.15) is 24.2 Å². The van der Waals surface area contributed by atoms with E-state index in [1.165, 1.54) is 0 Å². The molecule has 0 saturated heterocycles. The Morgan fingerprint density at radius 3 is 3.15 bits per heavy atom. The fraction of sp³-hybridized carbons (Fsp3) is 0.556. The van der Waals surface area contributed by atoms with Crippen molar-refractivity contribution in [2.45, 2.75) is 24.9 Å². The maximum Gasteiger partial charge on any atom is 0.193 e. The average molecular weight is 202 g/mol. The van der Waals surface area contributed by atoms with E-state index in [2.05, 4.69) is 0 Å². The molecule has 1 atom stereocenters. The van der Waals surface area contributed by atoms with E-state index in [0.717, 1.165) is 17.7 Å². The monoisotopic (exact) mass is 201 g/mol. The minimum absolute atomic E-state index is 0.347. The zero-order valence-corrected chi connectivity index (χ0v) is 7.97. The lowest BCUT2D eigenvalue weighted by Crippen LogP contribution is -2.25. The quantitative estimate of drug-likeness (QED) is 0.761. The summed E-state index contributed by atoms with van der Waals surface area (Å²) in [6.07, 6.45) is 2.00. The fourth-order valence-corrected chi connectivity index (χ4v) is 2.13. The number of hydrogen-bond donors (Lipinski definition) is 2. The lowest BCUT2D eigenvalue weighted by molar-refractivity contribution is 0.0321. The Labute approximate surface area is 81.5 Å². The lowest BCUT2D eigenvalue weighted by Gasteiger charge is -2.21. The van der Waals surface area contributed by atoms with Gasteiger partial charge in [-0.2, -0.15) is 0 Å². The third-order valence-electron chi connectivity index (χ3n) is 2.60. The Morgan fingerprint density at radius 1 is 1.69 bits per heavy atom. The van der Waals surface area contributed by atoms with Gasteiger partial charge in [-0.3, -0.25) is 0 Å². The van der Waals surface area contributed by atoms with Gasteiger partial charge in [0, 0.05) is 18.1 Å². The summed E-state index contributed by atoms with van der Waals surface area (Å²) in [5.41, 5.74) is 5.45. The van der Waals surface area contributed by atoms with Crippen LogP contribution in [0.4, 0.5) is 0 Å². The third-order valence-corrected chi connectivity index (χ3v) is 2.79. The van der Waals surface area contributed by atoms with Gasteiger partial charge in [-0.05, 0) is 31.0 Å². The van der Waals surface area contributed by atoms with E-state index in [9.17, 15) is 5.11 Å². The van der Waals surface area contributed by atoms with Crippen LogP contribution in [0.2, 0.25) is 5.22 Å². The molecule has 0 bridgehead atoms. The molecule has 2 rings (SSSR count). The molecule has 1 aromatic heterocycles. The maximum absolute atomic E-state index is 10.2. The predicted molar refractivity (Wildman–Crippen MR) is 49.6 cm³/mol. The number of fused-ring (bicyclic) bond motifs is 1. The first-order chi connectivity index (χ1) is 6.15. The molecule has 4 heteroatoms. The molecule has 0 aliphatic heterocycles. The van der Waals surface area contributed by atoms with Crippen molar-refractivity contribution in [3.05, 3.63) is 22.6 Å². The van der Waals surface area contributed by atoms with Crippen LogP contribution in [-0.2, 0) is 12.0 Å². The highest BCUT2D eigenvalue weighted by atomic mass is 35.5. The largest absolute Gasteiger partial charge is 0.449 e. The minimum atomic E-state index is -0.805. The molecule has 13 heavy (non-hydrogen) atoms. The third kappa shape index (κ3) is 1.37. The summed E-state index contributed by atoms with van der Waals surface area (Å²) in [6, 6.07) is 1.69. The minimum Gasteiger partial charge on any atom is -0.449 e. The molecule has 0 saturated carbocycles. The number of aryl methyl sites for hydroxylation is 1. The molecule has 3 N–H and O–H groups in total. The highest BCUT2D eigenvalue weighted by Gasteiger charge is 2.38. The van der Waals surface area contributed by atoms with Gasteiger partial charge in [-0.15, -0.1) is 0 Å². The van der Waals surface area contributed by atoms with Gasteiger partial charge in [0.1, 0.15) is 5.76 Å². The Hall–Kier alpha value is -0.510. The maximum atomic E-state index is 10.2. The molecule has 1 aliphatic carbocycles. The molecule has 1 aromatic rings. The molecule has 0 fully saturated rings. The van der Waals surface area contributed by atoms with Crippen molar-refractivity contribution in [1.29, 1.82) is 0 Å². The lowest BCUT2D eigenvalue weighted by atomic mass is 9.94. The summed E-state index contributed by atoms with van der Waals surface area (Å²) in [4.78, 5) is 0. The Kier molecular flexibility index (Phi) is 2.10. The van der Waals surface area contributed by atoms with E-state index in [1.807, 2.05) is 0 Å². The van der Waals surface area contributed by atoms with Gasteiger partial charge in [0.05, 0.1) is 5.60 Å². The Balaban J connectivity index is 2.35. The standard InChI is InChI=1S/C9H12ClNO2/c10-8-5-6-7(13-8)1-2-9(6,12)3-4-11/h5,12H,1-4,11H2. The molecule has 1 aliphatic rings. The van der Waals surface area contributed by atoms with Gasteiger partial charge in [0.25, 0.3) is 0 Å². The smallest absolute Gasteiger partial charge is 0.193 e. The first-order valence-electron chi connectivity index (χ1n) is 4.37. The number of halogens is 1. The number of rotatable bonds is 2. The molecule has 0 aromatic carbocycles. The Morgan fingerprint density at radius 2 is 2.46 bits per heavy atom. The molecule has 1 heterocycles. The molecule has 0 spiro atoms. The Bertz CT molecular complexity index is 323. The SMILES string of the molecule is NCCC1(O)CCc2oc(Cl)cc21. The van der Waals surface area contributed by atoms with Crippen LogP contribution in [0.25, 0.3) is 0 Å². The normalized spacial score (nSPS) is 26.4. The van der Waals surface area contributed by atoms with Crippen LogP contribution in [-0.4, -0.2) is 11.7 Å². The van der Waals surface area contributed by atoms with Crippen molar-refractivity contribution in [3.8, 4) is 0 Å². The highest BCUT2D eigenvalue weighted by molar-refractivity contribution is 6.29. The molecule has 72 valence electrons. The second kappa shape index (κ2) is 3.01. The summed E-state index contributed by atoms with van der Waals surface area (Å²) in [5, 5.41) is 10.5. The zero-order chi connectivity index (χ0) is 9.47. The first-order valence-corrected chi connectivity index (χ1v) is 4.75. The number of furan rings is 1. The number of aliphatic hydroxyl groups is 1. The van der Waals surface area contributed by atoms with Crippen molar-refractivity contribution in [2.75, 3.05) is 6.54 Å². The van der Waals surface area contributed by atoms with Gasteiger partial charge in [-0.25, -0.2) is 0 Å². The molecule has 3 nitrogen and oxygen atoms in total. The molecule has 0 amide bonds. The van der Waals surface area contributed by atoms with Gasteiger partial charge < -0.3 is 15.3 Å². The average Bonchev–Trinajstić information content (AvgIpc) is 2.54. The molecule has 1 unspecified atom stereocenters. The van der Waals surface area contributed by atoms with Crippen molar-refractivity contribution in [3.63, 3.8) is 0 Å². The van der Waals surface area contributed by atoms with E-state index in [4.69, 9.17) is 21.8 Å². The summed E-state index contributed by atoms with van der Waals surface area (Å²) in [6.45, 7) is 0.471. The van der Waals surface area contributed by atoms with E-state index < -0.39 is 5.60 Å². The van der Waals surface area contributed by atoms with Crippen molar-refractivity contribution in [1.82, 2.24) is 0 Å².